The summed E-state index contributed by atoms with van der Waals surface area (Å²) in [4.78, 5) is 0. The average molecular weight is 181 g/mol. The molecule has 1 unspecified atom stereocenters. The van der Waals surface area contributed by atoms with E-state index in [1.807, 2.05) is 11.4 Å². The van der Waals surface area contributed by atoms with Crippen molar-refractivity contribution >= 4 is 24.0 Å². The summed E-state index contributed by atoms with van der Waals surface area (Å²) < 4.78 is 12.4. The average Bonchev–Trinajstić information content (AvgIpc) is 1.79. The quantitative estimate of drug-likeness (QED) is 0.388. The first kappa shape index (κ1) is 10.6. The van der Waals surface area contributed by atoms with Gasteiger partial charge in [-0.2, -0.15) is 0 Å². The third-order valence-corrected chi connectivity index (χ3v) is 2.23. The van der Waals surface area contributed by atoms with E-state index in [0.29, 0.717) is 0 Å². The van der Waals surface area contributed by atoms with Crippen LogP contribution < -0.4 is 0 Å². The van der Waals surface area contributed by atoms with Crippen LogP contribution in [0.5, 0.6) is 0 Å². The Kier molecular flexibility index (Phi) is 6.73. The molecule has 10 heavy (non-hydrogen) atoms. The van der Waals surface area contributed by atoms with Crippen molar-refractivity contribution in [1.29, 1.82) is 0 Å². The van der Waals surface area contributed by atoms with Crippen LogP contribution in [0, 0.1) is 0 Å². The second-order valence-electron chi connectivity index (χ2n) is 2.37. The van der Waals surface area contributed by atoms with Gasteiger partial charge in [0.2, 0.25) is 0 Å². The summed E-state index contributed by atoms with van der Waals surface area (Å²) >= 11 is 3.46. The van der Waals surface area contributed by atoms with Gasteiger partial charge in [0.05, 0.1) is 6.26 Å². The Morgan fingerprint density at radius 3 is 2.50 bits per heavy atom. The Morgan fingerprint density at radius 1 is 1.50 bits per heavy atom. The number of unbranched alkanes of at least 4 members (excludes halogenated alkanes) is 1. The van der Waals surface area contributed by atoms with E-state index in [4.69, 9.17) is 0 Å². The van der Waals surface area contributed by atoms with Gasteiger partial charge in [0, 0.05) is 6.54 Å². The molecule has 0 heterocycles. The summed E-state index contributed by atoms with van der Waals surface area (Å²) in [5.74, 6) is 0.821. The number of thiol groups is 1. The molecule has 62 valence electrons. The fourth-order valence-corrected chi connectivity index (χ4v) is 1.40. The van der Waals surface area contributed by atoms with Crippen molar-refractivity contribution in [1.82, 2.24) is 4.31 Å². The van der Waals surface area contributed by atoms with Crippen molar-refractivity contribution < 1.29 is 4.55 Å². The Morgan fingerprint density at radius 2 is 2.10 bits per heavy atom. The largest absolute Gasteiger partial charge is 0.617 e. The van der Waals surface area contributed by atoms with E-state index >= 15 is 0 Å². The molecule has 0 radical (unpaired) electrons. The fourth-order valence-electron chi connectivity index (χ4n) is 0.646. The summed E-state index contributed by atoms with van der Waals surface area (Å²) in [6.07, 6.45) is 3.86. The molecule has 0 saturated heterocycles. The van der Waals surface area contributed by atoms with Gasteiger partial charge in [-0.15, -0.1) is 0 Å². The maximum Gasteiger partial charge on any atom is 0.105 e. The Hall–Kier alpha value is 0.620. The summed E-state index contributed by atoms with van der Waals surface area (Å²) in [5.41, 5.74) is 0. The molecule has 0 aliphatic carbocycles. The van der Waals surface area contributed by atoms with E-state index in [2.05, 4.69) is 12.8 Å². The summed E-state index contributed by atoms with van der Waals surface area (Å²) in [6.45, 7) is 0.973. The predicted molar refractivity (Wildman–Crippen MR) is 49.8 cm³/mol. The standard InChI is InChI=1S/C6H15NOS2/c1-7(9)5-3-4-6-10(2)8/h9H,3-6H2,1-2H3. The molecular weight excluding hydrogens is 166 g/mol. The topological polar surface area (TPSA) is 26.3 Å². The second kappa shape index (κ2) is 6.34. The number of nitrogens with zero attached hydrogens (tertiary/aromatic N) is 1. The van der Waals surface area contributed by atoms with Crippen LogP contribution in [0.25, 0.3) is 0 Å². The monoisotopic (exact) mass is 181 g/mol. The zero-order valence-electron chi connectivity index (χ0n) is 6.54. The first-order valence-electron chi connectivity index (χ1n) is 3.33. The van der Waals surface area contributed by atoms with Crippen molar-refractivity contribution in [3.63, 3.8) is 0 Å². The Bertz CT molecular complexity index is 68.1. The highest BCUT2D eigenvalue weighted by molar-refractivity contribution is 7.90. The minimum atomic E-state index is -0.624. The zero-order valence-corrected chi connectivity index (χ0v) is 8.25. The zero-order chi connectivity index (χ0) is 7.98. The van der Waals surface area contributed by atoms with E-state index in [1.54, 1.807) is 6.26 Å². The van der Waals surface area contributed by atoms with Crippen LogP contribution in [0.2, 0.25) is 0 Å². The van der Waals surface area contributed by atoms with E-state index in [9.17, 15) is 4.55 Å². The molecule has 0 aliphatic rings. The lowest BCUT2D eigenvalue weighted by atomic mass is 10.3. The third-order valence-electron chi connectivity index (χ3n) is 1.16. The van der Waals surface area contributed by atoms with Crippen molar-refractivity contribution in [3.05, 3.63) is 0 Å². The molecule has 0 aromatic rings. The summed E-state index contributed by atoms with van der Waals surface area (Å²) in [7, 11) is 1.92. The van der Waals surface area contributed by atoms with Crippen LogP contribution in [0.3, 0.4) is 0 Å². The van der Waals surface area contributed by atoms with E-state index in [0.717, 1.165) is 25.1 Å². The Labute approximate surface area is 71.7 Å². The molecule has 2 nitrogen and oxygen atoms in total. The lowest BCUT2D eigenvalue weighted by Gasteiger charge is -2.07. The lowest BCUT2D eigenvalue weighted by Crippen LogP contribution is -2.09. The first-order chi connectivity index (χ1) is 4.63. The predicted octanol–water partition coefficient (Wildman–Crippen LogP) is 0.922. The van der Waals surface area contributed by atoms with Gasteiger partial charge in [-0.3, -0.25) is 4.31 Å². The van der Waals surface area contributed by atoms with E-state index in [-0.39, 0.29) is 0 Å². The smallest absolute Gasteiger partial charge is 0.105 e. The van der Waals surface area contributed by atoms with Crippen LogP contribution in [0.4, 0.5) is 0 Å². The minimum absolute atomic E-state index is 0.624. The van der Waals surface area contributed by atoms with Crippen molar-refractivity contribution in [2.24, 2.45) is 0 Å². The summed E-state index contributed by atoms with van der Waals surface area (Å²) in [5, 5.41) is 0. The molecular formula is C6H15NOS2. The Balaban J connectivity index is 2.91. The molecule has 1 atom stereocenters. The summed E-state index contributed by atoms with van der Waals surface area (Å²) in [6, 6.07) is 0. The van der Waals surface area contributed by atoms with Crippen LogP contribution >= 0.6 is 12.8 Å². The van der Waals surface area contributed by atoms with Gasteiger partial charge in [0.15, 0.2) is 0 Å². The van der Waals surface area contributed by atoms with Gasteiger partial charge in [-0.25, -0.2) is 0 Å². The van der Waals surface area contributed by atoms with E-state index in [1.165, 1.54) is 0 Å². The van der Waals surface area contributed by atoms with Crippen LogP contribution in [0.15, 0.2) is 0 Å². The number of rotatable bonds is 5. The fraction of sp³-hybridized carbons (Fsp3) is 1.00. The lowest BCUT2D eigenvalue weighted by molar-refractivity contribution is 0.539. The molecule has 4 heteroatoms. The van der Waals surface area contributed by atoms with Gasteiger partial charge in [0.1, 0.15) is 5.75 Å². The highest BCUT2D eigenvalue weighted by Crippen LogP contribution is 1.97. The number of hydrogen-bond acceptors (Lipinski definition) is 3. The van der Waals surface area contributed by atoms with Crippen LogP contribution in [-0.2, 0) is 11.2 Å². The molecule has 0 bridgehead atoms. The van der Waals surface area contributed by atoms with Gasteiger partial charge in [-0.05, 0) is 19.9 Å². The maximum absolute atomic E-state index is 10.6. The van der Waals surface area contributed by atoms with Crippen molar-refractivity contribution in [2.75, 3.05) is 25.6 Å². The highest BCUT2D eigenvalue weighted by atomic mass is 32.2. The third kappa shape index (κ3) is 8.62. The van der Waals surface area contributed by atoms with Gasteiger partial charge in [-0.1, -0.05) is 24.0 Å². The molecule has 0 aromatic heterocycles. The van der Waals surface area contributed by atoms with Gasteiger partial charge < -0.3 is 4.55 Å². The molecule has 0 fully saturated rings. The number of hydrogen-bond donors (Lipinski definition) is 1. The normalized spacial score (nSPS) is 14.1. The van der Waals surface area contributed by atoms with Gasteiger partial charge >= 0.3 is 0 Å². The first-order valence-corrected chi connectivity index (χ1v) is 5.45. The minimum Gasteiger partial charge on any atom is -0.617 e. The van der Waals surface area contributed by atoms with Crippen molar-refractivity contribution in [3.8, 4) is 0 Å². The van der Waals surface area contributed by atoms with Crippen LogP contribution in [0.1, 0.15) is 12.8 Å². The molecule has 0 rings (SSSR count). The molecule has 0 saturated carbocycles. The maximum atomic E-state index is 10.6. The molecule has 0 amide bonds. The van der Waals surface area contributed by atoms with E-state index < -0.39 is 11.2 Å². The molecule has 0 aromatic carbocycles. The molecule has 0 aliphatic heterocycles. The molecule has 0 spiro atoms. The van der Waals surface area contributed by atoms with Gasteiger partial charge in [0.25, 0.3) is 0 Å². The van der Waals surface area contributed by atoms with Crippen molar-refractivity contribution in [2.45, 2.75) is 12.8 Å². The highest BCUT2D eigenvalue weighted by Gasteiger charge is 1.97. The SMILES string of the molecule is CN(S)CCCC[S+](C)[O-]. The molecule has 0 N–H and O–H groups in total. The van der Waals surface area contributed by atoms with Crippen LogP contribution in [-0.4, -0.2) is 34.5 Å². The second-order valence-corrected chi connectivity index (χ2v) is 4.60.